The Morgan fingerprint density at radius 2 is 2.00 bits per heavy atom. The largest absolute Gasteiger partial charge is 0.466 e. The number of allylic oxidation sites excluding steroid dienone is 1. The number of hydrogen-bond acceptors (Lipinski definition) is 8. The molecule has 0 aromatic heterocycles. The number of thioether (sulfide) groups is 1. The van der Waals surface area contributed by atoms with Gasteiger partial charge in [0.15, 0.2) is 5.17 Å². The van der Waals surface area contributed by atoms with E-state index >= 15 is 4.39 Å². The van der Waals surface area contributed by atoms with Crippen LogP contribution in [-0.4, -0.2) is 59.6 Å². The van der Waals surface area contributed by atoms with Crippen molar-refractivity contribution in [1.82, 2.24) is 9.80 Å². The zero-order valence-electron chi connectivity index (χ0n) is 20.7. The number of benzene rings is 1. The molecule has 0 aliphatic carbocycles. The van der Waals surface area contributed by atoms with E-state index in [-0.39, 0.29) is 29.8 Å². The number of hydrogen-bond donors (Lipinski definition) is 0. The van der Waals surface area contributed by atoms with Gasteiger partial charge in [0.05, 0.1) is 43.4 Å². The molecule has 1 aromatic carbocycles. The highest BCUT2D eigenvalue weighted by Gasteiger charge is 2.43. The second kappa shape index (κ2) is 11.3. The number of carbonyl (C=O) groups is 3. The Balaban J connectivity index is 1.63. The summed E-state index contributed by atoms with van der Waals surface area (Å²) in [7, 11) is 1.29. The van der Waals surface area contributed by atoms with Crippen molar-refractivity contribution in [1.29, 1.82) is 0 Å². The zero-order valence-corrected chi connectivity index (χ0v) is 21.5. The fraction of sp³-hybridized carbons (Fsp3) is 0.462. The van der Waals surface area contributed by atoms with E-state index in [4.69, 9.17) is 9.47 Å². The highest BCUT2D eigenvalue weighted by molar-refractivity contribution is 8.16. The molecule has 1 aromatic rings. The summed E-state index contributed by atoms with van der Waals surface area (Å²) >= 11 is 1.34. The number of nitrogens with zero attached hydrogens (tertiary/aromatic N) is 3. The summed E-state index contributed by atoms with van der Waals surface area (Å²) in [6.45, 7) is 4.81. The Labute approximate surface area is 214 Å². The Kier molecular flexibility index (Phi) is 8.13. The molecule has 8 nitrogen and oxygen atoms in total. The fourth-order valence-electron chi connectivity index (χ4n) is 4.83. The number of esters is 2. The number of halogens is 1. The van der Waals surface area contributed by atoms with Crippen LogP contribution >= 0.6 is 11.8 Å². The number of aliphatic imine (C=N–C) groups is 1. The molecule has 3 aliphatic heterocycles. The molecule has 1 amide bonds. The number of rotatable bonds is 7. The maximum atomic E-state index is 15.1. The van der Waals surface area contributed by atoms with Gasteiger partial charge >= 0.3 is 11.9 Å². The van der Waals surface area contributed by atoms with Crippen molar-refractivity contribution in [3.05, 3.63) is 58.0 Å². The first-order chi connectivity index (χ1) is 17.4. The average molecular weight is 516 g/mol. The molecule has 1 saturated heterocycles. The van der Waals surface area contributed by atoms with E-state index in [9.17, 15) is 14.4 Å². The Bertz CT molecular complexity index is 1150. The van der Waals surface area contributed by atoms with E-state index < -0.39 is 17.8 Å². The van der Waals surface area contributed by atoms with E-state index in [1.807, 2.05) is 12.3 Å². The zero-order chi connectivity index (χ0) is 25.8. The predicted molar refractivity (Wildman–Crippen MR) is 134 cm³/mol. The van der Waals surface area contributed by atoms with Gasteiger partial charge in [-0.3, -0.25) is 9.59 Å². The number of likely N-dealkylation sites (tertiary alicyclic amines) is 1. The van der Waals surface area contributed by atoms with Gasteiger partial charge in [0.2, 0.25) is 5.91 Å². The summed E-state index contributed by atoms with van der Waals surface area (Å²) in [6.07, 6.45) is 1.89. The van der Waals surface area contributed by atoms with Gasteiger partial charge in [-0.05, 0) is 37.7 Å². The third-order valence-electron chi connectivity index (χ3n) is 6.56. The van der Waals surface area contributed by atoms with Gasteiger partial charge in [0, 0.05) is 24.4 Å². The fourth-order valence-corrected chi connectivity index (χ4v) is 5.76. The maximum Gasteiger partial charge on any atom is 0.338 e. The number of piperidine rings is 1. The van der Waals surface area contributed by atoms with E-state index in [2.05, 4.69) is 4.99 Å². The second-order valence-electron chi connectivity index (χ2n) is 8.73. The van der Waals surface area contributed by atoms with Crippen LogP contribution < -0.4 is 0 Å². The molecule has 1 fully saturated rings. The average Bonchev–Trinajstić information content (AvgIpc) is 3.29. The molecule has 0 spiro atoms. The SMILES string of the molecule is CCOC(=O)C1CCCN(C(=O)CC2=CSC3=NC(CC)=C(C(=O)OC)C(c4ccccc4F)N23)C1. The number of fused-ring (bicyclic) bond motifs is 1. The Hall–Kier alpha value is -3.14. The smallest absolute Gasteiger partial charge is 0.338 e. The molecule has 0 saturated carbocycles. The van der Waals surface area contributed by atoms with Crippen LogP contribution in [0.1, 0.15) is 51.1 Å². The lowest BCUT2D eigenvalue weighted by atomic mass is 9.92. The van der Waals surface area contributed by atoms with Crippen LogP contribution in [0, 0.1) is 11.7 Å². The first-order valence-corrected chi connectivity index (χ1v) is 13.0. The van der Waals surface area contributed by atoms with E-state index in [0.717, 1.165) is 0 Å². The molecule has 0 radical (unpaired) electrons. The summed E-state index contributed by atoms with van der Waals surface area (Å²) in [5.41, 5.74) is 1.71. The summed E-state index contributed by atoms with van der Waals surface area (Å²) in [6, 6.07) is 5.47. The summed E-state index contributed by atoms with van der Waals surface area (Å²) in [5.74, 6) is -1.81. The third kappa shape index (κ3) is 5.04. The Morgan fingerprint density at radius 1 is 1.22 bits per heavy atom. The van der Waals surface area contributed by atoms with E-state index in [0.29, 0.717) is 61.1 Å². The standard InChI is InChI=1S/C26H30FN3O5S/c1-4-20-22(25(33)34-3)23(18-10-6-7-11-19(18)27)30-17(15-36-26(30)28-20)13-21(31)29-12-8-9-16(14-29)24(32)35-5-2/h6-7,10-11,15-16,23H,4-5,8-9,12-14H2,1-3H3. The van der Waals surface area contributed by atoms with Crippen molar-refractivity contribution in [2.75, 3.05) is 26.8 Å². The van der Waals surface area contributed by atoms with Gasteiger partial charge in [-0.15, -0.1) is 0 Å². The van der Waals surface area contributed by atoms with Crippen LogP contribution in [0.3, 0.4) is 0 Å². The molecule has 192 valence electrons. The first kappa shape index (κ1) is 25.9. The molecule has 4 rings (SSSR count). The lowest BCUT2D eigenvalue weighted by molar-refractivity contribution is -0.151. The molecule has 36 heavy (non-hydrogen) atoms. The molecule has 2 unspecified atom stereocenters. The Morgan fingerprint density at radius 3 is 2.69 bits per heavy atom. The minimum absolute atomic E-state index is 0.0302. The van der Waals surface area contributed by atoms with Crippen molar-refractivity contribution in [3.63, 3.8) is 0 Å². The van der Waals surface area contributed by atoms with Crippen LogP contribution in [0.15, 0.2) is 51.6 Å². The molecular weight excluding hydrogens is 485 g/mol. The van der Waals surface area contributed by atoms with Crippen molar-refractivity contribution in [3.8, 4) is 0 Å². The van der Waals surface area contributed by atoms with Gasteiger partial charge < -0.3 is 19.3 Å². The van der Waals surface area contributed by atoms with E-state index in [1.165, 1.54) is 24.9 Å². The number of ether oxygens (including phenoxy) is 2. The lowest BCUT2D eigenvalue weighted by Gasteiger charge is -2.37. The summed E-state index contributed by atoms with van der Waals surface area (Å²) in [5, 5.41) is 2.41. The van der Waals surface area contributed by atoms with Crippen LogP contribution in [0.2, 0.25) is 0 Å². The number of methoxy groups -OCH3 is 1. The minimum Gasteiger partial charge on any atom is -0.466 e. The third-order valence-corrected chi connectivity index (χ3v) is 7.44. The summed E-state index contributed by atoms with van der Waals surface area (Å²) in [4.78, 5) is 46.6. The van der Waals surface area contributed by atoms with Gasteiger partial charge in [-0.1, -0.05) is 36.9 Å². The van der Waals surface area contributed by atoms with Crippen molar-refractivity contribution in [2.45, 2.75) is 45.6 Å². The minimum atomic E-state index is -0.816. The van der Waals surface area contributed by atoms with Crippen LogP contribution in [-0.2, 0) is 23.9 Å². The van der Waals surface area contributed by atoms with Gasteiger partial charge in [0.25, 0.3) is 0 Å². The molecule has 3 heterocycles. The number of amides is 1. The van der Waals surface area contributed by atoms with Gasteiger partial charge in [-0.25, -0.2) is 14.2 Å². The second-order valence-corrected chi connectivity index (χ2v) is 9.57. The van der Waals surface area contributed by atoms with Crippen molar-refractivity contribution in [2.24, 2.45) is 10.9 Å². The van der Waals surface area contributed by atoms with Gasteiger partial charge in [0.1, 0.15) is 5.82 Å². The highest BCUT2D eigenvalue weighted by atomic mass is 32.2. The van der Waals surface area contributed by atoms with Crippen LogP contribution in [0.5, 0.6) is 0 Å². The van der Waals surface area contributed by atoms with Crippen LogP contribution in [0.4, 0.5) is 4.39 Å². The van der Waals surface area contributed by atoms with E-state index in [1.54, 1.807) is 34.9 Å². The maximum absolute atomic E-state index is 15.1. The monoisotopic (exact) mass is 515 g/mol. The number of carbonyl (C=O) groups excluding carboxylic acids is 3. The summed E-state index contributed by atoms with van der Waals surface area (Å²) < 4.78 is 25.3. The predicted octanol–water partition coefficient (Wildman–Crippen LogP) is 4.16. The highest BCUT2D eigenvalue weighted by Crippen LogP contribution is 2.46. The van der Waals surface area contributed by atoms with Crippen molar-refractivity contribution < 1.29 is 28.2 Å². The normalized spacial score (nSPS) is 21.6. The molecule has 3 aliphatic rings. The van der Waals surface area contributed by atoms with Gasteiger partial charge in [-0.2, -0.15) is 0 Å². The lowest BCUT2D eigenvalue weighted by Crippen LogP contribution is -2.44. The van der Waals surface area contributed by atoms with Crippen molar-refractivity contribution >= 4 is 34.8 Å². The topological polar surface area (TPSA) is 88.5 Å². The first-order valence-electron chi connectivity index (χ1n) is 12.1. The molecule has 0 bridgehead atoms. The molecule has 0 N–H and O–H groups in total. The number of amidine groups is 1. The van der Waals surface area contributed by atoms with Crippen LogP contribution in [0.25, 0.3) is 0 Å². The molecule has 10 heteroatoms. The molecule has 2 atom stereocenters. The quantitative estimate of drug-likeness (QED) is 0.504. The molecular formula is C26H30FN3O5S.